The second kappa shape index (κ2) is 10.6. The molecule has 0 saturated heterocycles. The quantitative estimate of drug-likeness (QED) is 0.274. The maximum atomic E-state index is 13.8. The number of hydrogen-bond acceptors (Lipinski definition) is 3. The maximum Gasteiger partial charge on any atom is 0.416 e. The van der Waals surface area contributed by atoms with Gasteiger partial charge in [-0.15, -0.1) is 0 Å². The monoisotopic (exact) mass is 560 g/mol. The molecule has 0 fully saturated rings. The highest BCUT2D eigenvalue weighted by Gasteiger charge is 2.38. The molecule has 1 aliphatic heterocycles. The molecular formula is C33H31F3N2O3. The van der Waals surface area contributed by atoms with Gasteiger partial charge in [-0.25, -0.2) is 4.79 Å². The fourth-order valence-electron chi connectivity index (χ4n) is 5.43. The number of pyridine rings is 1. The fraction of sp³-hybridized carbons (Fsp3) is 0.273. The van der Waals surface area contributed by atoms with E-state index in [0.717, 1.165) is 28.8 Å². The third kappa shape index (κ3) is 5.78. The molecule has 5 rings (SSSR count). The molecule has 0 aliphatic carbocycles. The largest absolute Gasteiger partial charge is 0.480 e. The molecule has 3 aromatic carbocycles. The Morgan fingerprint density at radius 3 is 2.17 bits per heavy atom. The number of benzene rings is 3. The second-order valence-corrected chi connectivity index (χ2v) is 11.5. The van der Waals surface area contributed by atoms with E-state index in [1.165, 1.54) is 16.7 Å². The van der Waals surface area contributed by atoms with Gasteiger partial charge in [-0.05, 0) is 51.8 Å². The van der Waals surface area contributed by atoms with Crippen molar-refractivity contribution in [3.63, 3.8) is 0 Å². The highest BCUT2D eigenvalue weighted by atomic mass is 19.4. The van der Waals surface area contributed by atoms with E-state index < -0.39 is 29.3 Å². The number of aliphatic carboxylic acids is 1. The lowest BCUT2D eigenvalue weighted by atomic mass is 9.86. The van der Waals surface area contributed by atoms with Gasteiger partial charge in [0.1, 0.15) is 5.82 Å². The van der Waals surface area contributed by atoms with E-state index in [9.17, 15) is 27.9 Å². The van der Waals surface area contributed by atoms with Gasteiger partial charge in [0, 0.05) is 18.2 Å². The van der Waals surface area contributed by atoms with Crippen LogP contribution in [0.1, 0.15) is 54.6 Å². The Hall–Kier alpha value is -4.33. The van der Waals surface area contributed by atoms with E-state index >= 15 is 0 Å². The zero-order chi connectivity index (χ0) is 29.5. The summed E-state index contributed by atoms with van der Waals surface area (Å²) in [6.45, 7) is 6.62. The van der Waals surface area contributed by atoms with Crippen molar-refractivity contribution in [2.45, 2.75) is 51.4 Å². The Bertz CT molecular complexity index is 1640. The molecular weight excluding hydrogens is 529 g/mol. The molecule has 0 saturated carbocycles. The van der Waals surface area contributed by atoms with Crippen molar-refractivity contribution in [2.75, 3.05) is 11.4 Å². The predicted octanol–water partition coefficient (Wildman–Crippen LogP) is 7.07. The highest BCUT2D eigenvalue weighted by Crippen LogP contribution is 2.42. The fourth-order valence-corrected chi connectivity index (χ4v) is 5.43. The normalized spacial score (nSPS) is 15.2. The molecule has 8 heteroatoms. The van der Waals surface area contributed by atoms with E-state index in [-0.39, 0.29) is 23.9 Å². The highest BCUT2D eigenvalue weighted by molar-refractivity contribution is 5.85. The summed E-state index contributed by atoms with van der Waals surface area (Å²) in [4.78, 5) is 27.6. The number of fused-ring (bicyclic) bond motifs is 1. The van der Waals surface area contributed by atoms with Crippen LogP contribution in [0.15, 0.2) is 89.7 Å². The molecule has 0 spiro atoms. The van der Waals surface area contributed by atoms with E-state index in [1.807, 2.05) is 54.6 Å². The lowest BCUT2D eigenvalue weighted by Gasteiger charge is -2.24. The van der Waals surface area contributed by atoms with Crippen molar-refractivity contribution < 1.29 is 23.1 Å². The topological polar surface area (TPSA) is 62.5 Å². The lowest BCUT2D eigenvalue weighted by Crippen LogP contribution is -2.28. The number of aromatic nitrogens is 1. The van der Waals surface area contributed by atoms with Crippen molar-refractivity contribution in [1.82, 2.24) is 4.57 Å². The third-order valence-electron chi connectivity index (χ3n) is 7.51. The third-order valence-corrected chi connectivity index (χ3v) is 7.51. The van der Waals surface area contributed by atoms with Crippen LogP contribution in [0.3, 0.4) is 0 Å². The molecule has 0 bridgehead atoms. The Morgan fingerprint density at radius 2 is 1.56 bits per heavy atom. The van der Waals surface area contributed by atoms with Crippen LogP contribution < -0.4 is 10.5 Å². The van der Waals surface area contributed by atoms with Crippen LogP contribution >= 0.6 is 0 Å². The number of carbonyl (C=O) groups is 1. The zero-order valence-corrected chi connectivity index (χ0v) is 23.1. The van der Waals surface area contributed by atoms with Crippen LogP contribution in [-0.4, -0.2) is 22.2 Å². The number of alkyl halides is 3. The molecule has 1 atom stereocenters. The Kier molecular flexibility index (Phi) is 7.28. The summed E-state index contributed by atoms with van der Waals surface area (Å²) >= 11 is 0. The first-order valence-electron chi connectivity index (χ1n) is 13.4. The SMILES string of the molecule is CC(C)(C)c1ccc(Cc2cc(=O)n3c(c2-c2cccc(C(F)(F)F)c2)N(Cc2ccccc2)CC3C(=O)O)cc1. The summed E-state index contributed by atoms with van der Waals surface area (Å²) in [6, 6.07) is 22.5. The molecule has 212 valence electrons. The first kappa shape index (κ1) is 28.2. The number of halogens is 3. The van der Waals surface area contributed by atoms with Crippen LogP contribution in [0.25, 0.3) is 11.1 Å². The minimum atomic E-state index is -4.57. The zero-order valence-electron chi connectivity index (χ0n) is 23.1. The van der Waals surface area contributed by atoms with Crippen LogP contribution in [0.5, 0.6) is 0 Å². The molecule has 2 heterocycles. The van der Waals surface area contributed by atoms with E-state index in [1.54, 1.807) is 11.0 Å². The van der Waals surface area contributed by atoms with Gasteiger partial charge in [-0.3, -0.25) is 9.36 Å². The summed E-state index contributed by atoms with van der Waals surface area (Å²) in [6.07, 6.45) is -4.28. The second-order valence-electron chi connectivity index (χ2n) is 11.5. The predicted molar refractivity (Wildman–Crippen MR) is 153 cm³/mol. The van der Waals surface area contributed by atoms with Crippen molar-refractivity contribution in [2.24, 2.45) is 0 Å². The van der Waals surface area contributed by atoms with Crippen molar-refractivity contribution >= 4 is 11.8 Å². The van der Waals surface area contributed by atoms with E-state index in [0.29, 0.717) is 23.5 Å². The minimum absolute atomic E-state index is 0.00909. The number of carboxylic acid groups (broad SMARTS) is 1. The standard InChI is InChI=1S/C33H31F3N2O3/c1-32(2,3)25-14-12-21(13-15-25)16-24-18-28(39)38-27(31(40)41)20-37(19-22-8-5-4-6-9-22)30(38)29(24)23-10-7-11-26(17-23)33(34,35)36/h4-15,17-18,27H,16,19-20H2,1-3H3,(H,40,41). The number of anilines is 1. The molecule has 41 heavy (non-hydrogen) atoms. The van der Waals surface area contributed by atoms with E-state index in [4.69, 9.17) is 0 Å². The number of hydrogen-bond donors (Lipinski definition) is 1. The molecule has 0 radical (unpaired) electrons. The number of rotatable bonds is 6. The average molecular weight is 561 g/mol. The van der Waals surface area contributed by atoms with Gasteiger partial charge in [0.25, 0.3) is 5.56 Å². The van der Waals surface area contributed by atoms with Gasteiger partial charge in [0.15, 0.2) is 6.04 Å². The summed E-state index contributed by atoms with van der Waals surface area (Å²) in [5.74, 6) is -0.862. The van der Waals surface area contributed by atoms with Gasteiger partial charge >= 0.3 is 12.1 Å². The Balaban J connectivity index is 1.73. The van der Waals surface area contributed by atoms with Crippen molar-refractivity contribution in [3.8, 4) is 11.1 Å². The first-order chi connectivity index (χ1) is 19.3. The smallest absolute Gasteiger partial charge is 0.416 e. The molecule has 1 aromatic heterocycles. The van der Waals surface area contributed by atoms with E-state index in [2.05, 4.69) is 20.8 Å². The van der Waals surface area contributed by atoms with Crippen LogP contribution in [0.4, 0.5) is 19.0 Å². The summed E-state index contributed by atoms with van der Waals surface area (Å²) < 4.78 is 42.6. The van der Waals surface area contributed by atoms with Crippen LogP contribution in [0.2, 0.25) is 0 Å². The summed E-state index contributed by atoms with van der Waals surface area (Å²) in [5, 5.41) is 10.0. The Labute approximate surface area is 236 Å². The van der Waals surface area contributed by atoms with Crippen molar-refractivity contribution in [3.05, 3.63) is 123 Å². The molecule has 5 nitrogen and oxygen atoms in total. The number of nitrogens with zero attached hydrogens (tertiary/aromatic N) is 2. The van der Waals surface area contributed by atoms with Crippen LogP contribution in [-0.2, 0) is 29.4 Å². The summed E-state index contributed by atoms with van der Waals surface area (Å²) in [7, 11) is 0. The molecule has 4 aromatic rings. The molecule has 1 unspecified atom stereocenters. The lowest BCUT2D eigenvalue weighted by molar-refractivity contribution is -0.140. The Morgan fingerprint density at radius 1 is 0.878 bits per heavy atom. The minimum Gasteiger partial charge on any atom is -0.480 e. The molecule has 0 amide bonds. The van der Waals surface area contributed by atoms with Gasteiger partial charge in [-0.2, -0.15) is 13.2 Å². The van der Waals surface area contributed by atoms with Gasteiger partial charge in [0.2, 0.25) is 0 Å². The van der Waals surface area contributed by atoms with Gasteiger partial charge in [-0.1, -0.05) is 87.5 Å². The van der Waals surface area contributed by atoms with Crippen LogP contribution in [0, 0.1) is 0 Å². The number of carboxylic acids is 1. The van der Waals surface area contributed by atoms with Gasteiger partial charge < -0.3 is 10.0 Å². The first-order valence-corrected chi connectivity index (χ1v) is 13.4. The van der Waals surface area contributed by atoms with Gasteiger partial charge in [0.05, 0.1) is 12.1 Å². The molecule has 1 aliphatic rings. The average Bonchev–Trinajstić information content (AvgIpc) is 3.29. The maximum absolute atomic E-state index is 13.8. The summed E-state index contributed by atoms with van der Waals surface area (Å²) in [5.41, 5.74) is 2.76. The van der Waals surface area contributed by atoms with Crippen molar-refractivity contribution in [1.29, 1.82) is 0 Å². The molecule has 1 N–H and O–H groups in total.